The van der Waals surface area contributed by atoms with E-state index in [4.69, 9.17) is 4.74 Å². The first-order chi connectivity index (χ1) is 13.5. The number of carbonyl (C=O) groups is 3. The number of benzene rings is 1. The van der Waals surface area contributed by atoms with Crippen LogP contribution in [0.2, 0.25) is 0 Å². The number of amides is 2. The number of esters is 1. The van der Waals surface area contributed by atoms with E-state index >= 15 is 0 Å². The normalized spacial score (nSPS) is 15.9. The maximum atomic E-state index is 13.5. The van der Waals surface area contributed by atoms with Gasteiger partial charge in [0.15, 0.2) is 6.10 Å². The third-order valence-electron chi connectivity index (χ3n) is 4.48. The van der Waals surface area contributed by atoms with Gasteiger partial charge in [-0.3, -0.25) is 14.4 Å². The fourth-order valence-electron chi connectivity index (χ4n) is 3.00. The second kappa shape index (κ2) is 11.7. The highest BCUT2D eigenvalue weighted by Crippen LogP contribution is 2.17. The molecule has 28 heavy (non-hydrogen) atoms. The summed E-state index contributed by atoms with van der Waals surface area (Å²) < 4.78 is 18.6. The molecule has 0 spiro atoms. The Hall–Kier alpha value is -2.09. The lowest BCUT2D eigenvalue weighted by Gasteiger charge is -2.19. The van der Waals surface area contributed by atoms with Crippen molar-refractivity contribution >= 4 is 35.2 Å². The minimum Gasteiger partial charge on any atom is -0.452 e. The van der Waals surface area contributed by atoms with E-state index in [0.717, 1.165) is 37.4 Å². The van der Waals surface area contributed by atoms with Crippen molar-refractivity contribution < 1.29 is 23.5 Å². The van der Waals surface area contributed by atoms with Gasteiger partial charge in [-0.2, -0.15) is 0 Å². The zero-order valence-corrected chi connectivity index (χ0v) is 16.9. The van der Waals surface area contributed by atoms with E-state index in [1.807, 2.05) is 0 Å². The number of thioether (sulfide) groups is 1. The summed E-state index contributed by atoms with van der Waals surface area (Å²) in [5.74, 6) is -1.87. The molecule has 1 aromatic carbocycles. The smallest absolute Gasteiger partial charge is 0.316 e. The Balaban J connectivity index is 1.64. The van der Waals surface area contributed by atoms with Gasteiger partial charge in [0.25, 0.3) is 5.91 Å². The van der Waals surface area contributed by atoms with Gasteiger partial charge in [0.2, 0.25) is 5.91 Å². The molecule has 2 N–H and O–H groups in total. The number of anilines is 1. The van der Waals surface area contributed by atoms with Gasteiger partial charge in [-0.05, 0) is 31.9 Å². The Bertz CT molecular complexity index is 678. The molecule has 2 rings (SSSR count). The van der Waals surface area contributed by atoms with Crippen molar-refractivity contribution in [1.82, 2.24) is 5.32 Å². The summed E-state index contributed by atoms with van der Waals surface area (Å²) in [6, 6.07) is 6.00. The molecule has 0 aliphatic heterocycles. The minimum atomic E-state index is -0.872. The van der Waals surface area contributed by atoms with E-state index in [0.29, 0.717) is 0 Å². The van der Waals surface area contributed by atoms with Crippen LogP contribution in [-0.4, -0.2) is 41.4 Å². The van der Waals surface area contributed by atoms with Gasteiger partial charge in [0.1, 0.15) is 5.82 Å². The summed E-state index contributed by atoms with van der Waals surface area (Å²) in [5.41, 5.74) is 0.0967. The van der Waals surface area contributed by atoms with Crippen LogP contribution in [0.4, 0.5) is 10.1 Å². The molecule has 0 saturated heterocycles. The van der Waals surface area contributed by atoms with Gasteiger partial charge in [-0.25, -0.2) is 4.39 Å². The summed E-state index contributed by atoms with van der Waals surface area (Å²) in [7, 11) is 0. The highest BCUT2D eigenvalue weighted by Gasteiger charge is 2.22. The van der Waals surface area contributed by atoms with E-state index in [1.165, 1.54) is 31.0 Å². The summed E-state index contributed by atoms with van der Waals surface area (Å²) >= 11 is 1.05. The number of hydrogen-bond acceptors (Lipinski definition) is 5. The molecule has 0 aromatic heterocycles. The van der Waals surface area contributed by atoms with Crippen molar-refractivity contribution in [3.63, 3.8) is 0 Å². The third kappa shape index (κ3) is 7.88. The number of rotatable bonds is 8. The standard InChI is InChI=1S/C20H27FN2O4S/c1-14(20(26)22-15-8-4-2-3-5-9-15)27-19(25)13-28-12-18(24)23-17-11-7-6-10-16(17)21/h6-7,10-11,14-15H,2-5,8-9,12-13H2,1H3,(H,22,26)(H,23,24)/t14-/m0/s1. The van der Waals surface area contributed by atoms with Crippen LogP contribution in [0.25, 0.3) is 0 Å². The molecule has 154 valence electrons. The molecule has 0 unspecified atom stereocenters. The van der Waals surface area contributed by atoms with Crippen molar-refractivity contribution in [2.24, 2.45) is 0 Å². The second-order valence-corrected chi connectivity index (χ2v) is 7.84. The average molecular weight is 411 g/mol. The molecule has 6 nitrogen and oxygen atoms in total. The predicted octanol–water partition coefficient (Wildman–Crippen LogP) is 3.27. The van der Waals surface area contributed by atoms with E-state index in [1.54, 1.807) is 13.0 Å². The number of carbonyl (C=O) groups excluding carboxylic acids is 3. The van der Waals surface area contributed by atoms with Crippen molar-refractivity contribution in [2.75, 3.05) is 16.8 Å². The molecule has 1 saturated carbocycles. The van der Waals surface area contributed by atoms with Crippen LogP contribution in [0.15, 0.2) is 24.3 Å². The van der Waals surface area contributed by atoms with Crippen LogP contribution in [0.1, 0.15) is 45.4 Å². The maximum absolute atomic E-state index is 13.5. The molecule has 1 fully saturated rings. The summed E-state index contributed by atoms with van der Waals surface area (Å²) in [6.07, 6.45) is 5.63. The molecule has 0 heterocycles. The van der Waals surface area contributed by atoms with Gasteiger partial charge >= 0.3 is 5.97 Å². The van der Waals surface area contributed by atoms with Crippen LogP contribution < -0.4 is 10.6 Å². The first-order valence-corrected chi connectivity index (χ1v) is 10.7. The highest BCUT2D eigenvalue weighted by atomic mass is 32.2. The predicted molar refractivity (Wildman–Crippen MR) is 108 cm³/mol. The molecule has 1 aliphatic rings. The average Bonchev–Trinajstić information content (AvgIpc) is 2.92. The fraction of sp³-hybridized carbons (Fsp3) is 0.550. The molecule has 0 radical (unpaired) electrons. The van der Waals surface area contributed by atoms with Gasteiger partial charge in [-0.1, -0.05) is 37.8 Å². The molecule has 1 aromatic rings. The molecule has 1 aliphatic carbocycles. The molecule has 0 bridgehead atoms. The number of hydrogen-bond donors (Lipinski definition) is 2. The van der Waals surface area contributed by atoms with E-state index in [9.17, 15) is 18.8 Å². The van der Waals surface area contributed by atoms with E-state index < -0.39 is 23.8 Å². The summed E-state index contributed by atoms with van der Waals surface area (Å²) in [5, 5.41) is 5.39. The van der Waals surface area contributed by atoms with Crippen LogP contribution >= 0.6 is 11.8 Å². The number of para-hydroxylation sites is 1. The Labute approximate surface area is 169 Å². The van der Waals surface area contributed by atoms with Crippen LogP contribution in [0.5, 0.6) is 0 Å². The molecular weight excluding hydrogens is 383 g/mol. The van der Waals surface area contributed by atoms with Crippen LogP contribution in [-0.2, 0) is 19.1 Å². The first kappa shape index (κ1) is 22.2. The molecule has 8 heteroatoms. The van der Waals surface area contributed by atoms with Crippen LogP contribution in [0, 0.1) is 5.82 Å². The lowest BCUT2D eigenvalue weighted by molar-refractivity contribution is -0.152. The first-order valence-electron chi connectivity index (χ1n) is 9.57. The zero-order valence-electron chi connectivity index (χ0n) is 16.0. The molecular formula is C20H27FN2O4S. The quantitative estimate of drug-likeness (QED) is 0.508. The Morgan fingerprint density at radius 1 is 1.14 bits per heavy atom. The number of halogens is 1. The maximum Gasteiger partial charge on any atom is 0.316 e. The highest BCUT2D eigenvalue weighted by molar-refractivity contribution is 8.00. The van der Waals surface area contributed by atoms with Crippen LogP contribution in [0.3, 0.4) is 0 Å². The monoisotopic (exact) mass is 410 g/mol. The van der Waals surface area contributed by atoms with Gasteiger partial charge in [0, 0.05) is 6.04 Å². The zero-order chi connectivity index (χ0) is 20.4. The third-order valence-corrected chi connectivity index (χ3v) is 5.39. The largest absolute Gasteiger partial charge is 0.452 e. The summed E-state index contributed by atoms with van der Waals surface area (Å²) in [6.45, 7) is 1.54. The molecule has 2 amide bonds. The van der Waals surface area contributed by atoms with Gasteiger partial charge in [-0.15, -0.1) is 11.8 Å². The van der Waals surface area contributed by atoms with Crippen molar-refractivity contribution in [3.05, 3.63) is 30.1 Å². The lowest BCUT2D eigenvalue weighted by atomic mass is 10.1. The Morgan fingerprint density at radius 2 is 1.82 bits per heavy atom. The Morgan fingerprint density at radius 3 is 2.50 bits per heavy atom. The van der Waals surface area contributed by atoms with Gasteiger partial charge < -0.3 is 15.4 Å². The number of nitrogens with one attached hydrogen (secondary N) is 2. The van der Waals surface area contributed by atoms with Crippen molar-refractivity contribution in [2.45, 2.75) is 57.6 Å². The Kier molecular flexibility index (Phi) is 9.27. The lowest BCUT2D eigenvalue weighted by Crippen LogP contribution is -2.42. The van der Waals surface area contributed by atoms with E-state index in [2.05, 4.69) is 10.6 Å². The van der Waals surface area contributed by atoms with E-state index in [-0.39, 0.29) is 29.1 Å². The molecule has 1 atom stereocenters. The second-order valence-electron chi connectivity index (χ2n) is 6.85. The SMILES string of the molecule is C[C@H](OC(=O)CSCC(=O)Nc1ccccc1F)C(=O)NC1CCCCCC1. The minimum absolute atomic E-state index is 0.0217. The summed E-state index contributed by atoms with van der Waals surface area (Å²) in [4.78, 5) is 35.9. The topological polar surface area (TPSA) is 84.5 Å². The van der Waals surface area contributed by atoms with Crippen molar-refractivity contribution in [1.29, 1.82) is 0 Å². The van der Waals surface area contributed by atoms with Crippen molar-refractivity contribution in [3.8, 4) is 0 Å². The number of ether oxygens (including phenoxy) is 1. The van der Waals surface area contributed by atoms with Gasteiger partial charge in [0.05, 0.1) is 17.2 Å². The fourth-order valence-corrected chi connectivity index (χ4v) is 3.60.